The summed E-state index contributed by atoms with van der Waals surface area (Å²) in [6.45, 7) is 2.85. The Labute approximate surface area is 97.5 Å². The summed E-state index contributed by atoms with van der Waals surface area (Å²) in [4.78, 5) is 1.97. The second-order valence-electron chi connectivity index (χ2n) is 3.90. The lowest BCUT2D eigenvalue weighted by Crippen LogP contribution is -2.25. The molecule has 0 atom stereocenters. The van der Waals surface area contributed by atoms with E-state index in [0.29, 0.717) is 5.84 Å². The van der Waals surface area contributed by atoms with Crippen LogP contribution in [0.15, 0.2) is 24.3 Å². The van der Waals surface area contributed by atoms with Gasteiger partial charge in [0.2, 0.25) is 0 Å². The van der Waals surface area contributed by atoms with Crippen molar-refractivity contribution in [3.8, 4) is 5.75 Å². The Bertz CT molecular complexity index is 350. The molecular formula is C13H20N2O. The molecule has 0 bridgehead atoms. The van der Waals surface area contributed by atoms with Crippen molar-refractivity contribution in [3.63, 3.8) is 0 Å². The summed E-state index contributed by atoms with van der Waals surface area (Å²) in [5.74, 6) is 1.55. The minimum Gasteiger partial charge on any atom is -0.497 e. The van der Waals surface area contributed by atoms with Crippen molar-refractivity contribution in [2.75, 3.05) is 14.2 Å². The number of nitrogens with one attached hydrogen (secondary N) is 1. The Kier molecular flexibility index (Phi) is 4.83. The van der Waals surface area contributed by atoms with Gasteiger partial charge in [0.1, 0.15) is 5.75 Å². The van der Waals surface area contributed by atoms with Gasteiger partial charge in [0.15, 0.2) is 0 Å². The van der Waals surface area contributed by atoms with E-state index in [4.69, 9.17) is 10.1 Å². The van der Waals surface area contributed by atoms with Gasteiger partial charge in [-0.15, -0.1) is 0 Å². The molecule has 88 valence electrons. The van der Waals surface area contributed by atoms with Gasteiger partial charge in [-0.05, 0) is 24.1 Å². The number of rotatable bonds is 5. The predicted molar refractivity (Wildman–Crippen MR) is 67.1 cm³/mol. The van der Waals surface area contributed by atoms with Gasteiger partial charge >= 0.3 is 0 Å². The van der Waals surface area contributed by atoms with Crippen LogP contribution in [0.1, 0.15) is 25.3 Å². The van der Waals surface area contributed by atoms with Crippen molar-refractivity contribution >= 4 is 5.84 Å². The molecule has 1 aromatic rings. The number of nitrogens with zero attached hydrogens (tertiary/aromatic N) is 1. The van der Waals surface area contributed by atoms with Gasteiger partial charge in [-0.3, -0.25) is 5.41 Å². The molecule has 1 rings (SSSR count). The molecule has 0 radical (unpaired) electrons. The molecule has 3 heteroatoms. The van der Waals surface area contributed by atoms with E-state index in [1.54, 1.807) is 7.11 Å². The Morgan fingerprint density at radius 1 is 1.44 bits per heavy atom. The highest BCUT2D eigenvalue weighted by molar-refractivity contribution is 5.78. The van der Waals surface area contributed by atoms with E-state index in [0.717, 1.165) is 25.1 Å². The van der Waals surface area contributed by atoms with E-state index in [9.17, 15) is 0 Å². The van der Waals surface area contributed by atoms with Crippen molar-refractivity contribution in [1.82, 2.24) is 4.90 Å². The highest BCUT2D eigenvalue weighted by atomic mass is 16.5. The lowest BCUT2D eigenvalue weighted by Gasteiger charge is -2.19. The van der Waals surface area contributed by atoms with Crippen LogP contribution in [0, 0.1) is 5.41 Å². The second kappa shape index (κ2) is 6.16. The molecule has 0 fully saturated rings. The quantitative estimate of drug-likeness (QED) is 0.612. The number of hydrogen-bond acceptors (Lipinski definition) is 2. The van der Waals surface area contributed by atoms with Crippen LogP contribution in [0.25, 0.3) is 0 Å². The van der Waals surface area contributed by atoms with E-state index in [-0.39, 0.29) is 0 Å². The summed E-state index contributed by atoms with van der Waals surface area (Å²) in [5, 5.41) is 7.84. The van der Waals surface area contributed by atoms with Crippen molar-refractivity contribution in [3.05, 3.63) is 29.8 Å². The third kappa shape index (κ3) is 3.57. The van der Waals surface area contributed by atoms with E-state index in [1.165, 1.54) is 5.56 Å². The second-order valence-corrected chi connectivity index (χ2v) is 3.90. The van der Waals surface area contributed by atoms with E-state index >= 15 is 0 Å². The maximum atomic E-state index is 7.84. The lowest BCUT2D eigenvalue weighted by molar-refractivity contribution is 0.412. The Morgan fingerprint density at radius 3 is 2.81 bits per heavy atom. The van der Waals surface area contributed by atoms with E-state index in [1.807, 2.05) is 30.1 Å². The molecule has 0 aliphatic carbocycles. The molecule has 0 aromatic heterocycles. The van der Waals surface area contributed by atoms with Crippen molar-refractivity contribution < 1.29 is 4.74 Å². The zero-order valence-electron chi connectivity index (χ0n) is 10.3. The van der Waals surface area contributed by atoms with Crippen LogP contribution in [-0.2, 0) is 6.54 Å². The molecule has 1 aromatic carbocycles. The Balaban J connectivity index is 2.61. The molecule has 3 nitrogen and oxygen atoms in total. The molecule has 0 spiro atoms. The molecule has 0 heterocycles. The van der Waals surface area contributed by atoms with Gasteiger partial charge in [-0.1, -0.05) is 19.1 Å². The molecule has 0 saturated heterocycles. The Morgan fingerprint density at radius 2 is 2.19 bits per heavy atom. The van der Waals surface area contributed by atoms with Crippen LogP contribution in [0.5, 0.6) is 5.75 Å². The highest BCUT2D eigenvalue weighted by Gasteiger charge is 2.04. The van der Waals surface area contributed by atoms with E-state index in [2.05, 4.69) is 13.0 Å². The molecule has 0 saturated carbocycles. The molecular weight excluding hydrogens is 200 g/mol. The maximum Gasteiger partial charge on any atom is 0.119 e. The summed E-state index contributed by atoms with van der Waals surface area (Å²) in [6.07, 6.45) is 1.85. The van der Waals surface area contributed by atoms with Crippen LogP contribution >= 0.6 is 0 Å². The molecule has 1 N–H and O–H groups in total. The van der Waals surface area contributed by atoms with E-state index < -0.39 is 0 Å². The standard InChI is InChI=1S/C13H20N2O/c1-4-6-13(14)15(2)10-11-7-5-8-12(9-11)16-3/h5,7-9,14H,4,6,10H2,1-3H3. The molecule has 0 unspecified atom stereocenters. The smallest absolute Gasteiger partial charge is 0.119 e. The third-order valence-corrected chi connectivity index (χ3v) is 2.50. The fourth-order valence-corrected chi connectivity index (χ4v) is 1.57. The fourth-order valence-electron chi connectivity index (χ4n) is 1.57. The SMILES string of the molecule is CCCC(=N)N(C)Cc1cccc(OC)c1. The normalized spacial score (nSPS) is 9.94. The first-order chi connectivity index (χ1) is 7.67. The van der Waals surface area contributed by atoms with Gasteiger partial charge in [-0.2, -0.15) is 0 Å². The van der Waals surface area contributed by atoms with Crippen LogP contribution < -0.4 is 4.74 Å². The summed E-state index contributed by atoms with van der Waals surface area (Å²) in [6, 6.07) is 7.97. The summed E-state index contributed by atoms with van der Waals surface area (Å²) in [7, 11) is 3.62. The monoisotopic (exact) mass is 220 g/mol. The molecule has 0 amide bonds. The number of hydrogen-bond donors (Lipinski definition) is 1. The first kappa shape index (κ1) is 12.6. The fraction of sp³-hybridized carbons (Fsp3) is 0.462. The predicted octanol–water partition coefficient (Wildman–Crippen LogP) is 2.90. The van der Waals surface area contributed by atoms with Crippen molar-refractivity contribution in [2.45, 2.75) is 26.3 Å². The Hall–Kier alpha value is -1.51. The lowest BCUT2D eigenvalue weighted by atomic mass is 10.2. The summed E-state index contributed by atoms with van der Waals surface area (Å²) in [5.41, 5.74) is 1.17. The summed E-state index contributed by atoms with van der Waals surface area (Å²) >= 11 is 0. The van der Waals surface area contributed by atoms with Gasteiger partial charge in [0, 0.05) is 20.0 Å². The first-order valence-corrected chi connectivity index (χ1v) is 5.59. The first-order valence-electron chi connectivity index (χ1n) is 5.59. The number of benzene rings is 1. The van der Waals surface area contributed by atoms with Crippen LogP contribution in [0.2, 0.25) is 0 Å². The third-order valence-electron chi connectivity index (χ3n) is 2.50. The average molecular weight is 220 g/mol. The van der Waals surface area contributed by atoms with Crippen LogP contribution in [0.4, 0.5) is 0 Å². The minimum atomic E-state index is 0.685. The largest absolute Gasteiger partial charge is 0.497 e. The van der Waals surface area contributed by atoms with Crippen molar-refractivity contribution in [2.24, 2.45) is 0 Å². The van der Waals surface area contributed by atoms with Crippen LogP contribution in [-0.4, -0.2) is 24.9 Å². The number of methoxy groups -OCH3 is 1. The summed E-state index contributed by atoms with van der Waals surface area (Å²) < 4.78 is 5.17. The number of amidine groups is 1. The topological polar surface area (TPSA) is 36.3 Å². The van der Waals surface area contributed by atoms with Gasteiger partial charge in [0.25, 0.3) is 0 Å². The maximum absolute atomic E-state index is 7.84. The van der Waals surface area contributed by atoms with Crippen LogP contribution in [0.3, 0.4) is 0 Å². The molecule has 0 aliphatic rings. The highest BCUT2D eigenvalue weighted by Crippen LogP contribution is 2.14. The minimum absolute atomic E-state index is 0.685. The number of ether oxygens (including phenoxy) is 1. The zero-order chi connectivity index (χ0) is 12.0. The van der Waals surface area contributed by atoms with Gasteiger partial charge < -0.3 is 9.64 Å². The average Bonchev–Trinajstić information content (AvgIpc) is 2.29. The van der Waals surface area contributed by atoms with Gasteiger partial charge in [0.05, 0.1) is 12.9 Å². The molecule has 0 aliphatic heterocycles. The van der Waals surface area contributed by atoms with Crippen molar-refractivity contribution in [1.29, 1.82) is 5.41 Å². The zero-order valence-corrected chi connectivity index (χ0v) is 10.3. The van der Waals surface area contributed by atoms with Gasteiger partial charge in [-0.25, -0.2) is 0 Å². The molecule has 16 heavy (non-hydrogen) atoms.